The maximum absolute atomic E-state index is 6.10. The van der Waals surface area contributed by atoms with Gasteiger partial charge in [-0.2, -0.15) is 0 Å². The molecule has 6 heteroatoms. The number of aromatic nitrogens is 3. The van der Waals surface area contributed by atoms with Gasteiger partial charge < -0.3 is 5.32 Å². The molecule has 4 aromatic rings. The number of hydrogen-bond acceptors (Lipinski definition) is 4. The topological polar surface area (TPSA) is 42.2 Å². The van der Waals surface area contributed by atoms with Gasteiger partial charge in [-0.1, -0.05) is 29.8 Å². The zero-order chi connectivity index (χ0) is 15.8. The Balaban J connectivity index is 1.91. The Bertz CT molecular complexity index is 989. The smallest absolute Gasteiger partial charge is 0.157 e. The molecule has 0 spiro atoms. The summed E-state index contributed by atoms with van der Waals surface area (Å²) in [6.45, 7) is 2.08. The fraction of sp³-hybridized carbons (Fsp3) is 0.0588. The minimum atomic E-state index is 0.747. The molecule has 0 aliphatic rings. The largest absolute Gasteiger partial charge is 0.339 e. The van der Waals surface area contributed by atoms with Gasteiger partial charge in [0.1, 0.15) is 11.5 Å². The highest BCUT2D eigenvalue weighted by Gasteiger charge is 2.16. The molecule has 0 atom stereocenters. The van der Waals surface area contributed by atoms with Gasteiger partial charge in [0.2, 0.25) is 0 Å². The number of benzene rings is 1. The summed E-state index contributed by atoms with van der Waals surface area (Å²) >= 11 is 7.61. The third kappa shape index (κ3) is 2.58. The van der Waals surface area contributed by atoms with Crippen LogP contribution in [0.25, 0.3) is 16.2 Å². The van der Waals surface area contributed by atoms with Crippen LogP contribution in [0.15, 0.2) is 55.0 Å². The second-order valence-electron chi connectivity index (χ2n) is 5.16. The van der Waals surface area contributed by atoms with Crippen molar-refractivity contribution >= 4 is 40.1 Å². The molecule has 3 heterocycles. The quantitative estimate of drug-likeness (QED) is 0.560. The molecule has 3 aromatic heterocycles. The number of nitrogens with zero attached hydrogens (tertiary/aromatic N) is 3. The van der Waals surface area contributed by atoms with Crippen molar-refractivity contribution in [3.63, 3.8) is 0 Å². The highest BCUT2D eigenvalue weighted by molar-refractivity contribution is 7.19. The number of fused-ring (bicyclic) bond motifs is 1. The third-order valence-electron chi connectivity index (χ3n) is 3.63. The Hall–Kier alpha value is -2.37. The number of anilines is 2. The lowest BCUT2D eigenvalue weighted by molar-refractivity contribution is 1.13. The van der Waals surface area contributed by atoms with Crippen LogP contribution in [0.5, 0.6) is 0 Å². The molecular formula is C17H13ClN4S. The van der Waals surface area contributed by atoms with Gasteiger partial charge in [0.05, 0.1) is 15.4 Å². The Kier molecular flexibility index (Phi) is 3.52. The van der Waals surface area contributed by atoms with Gasteiger partial charge in [-0.05, 0) is 30.7 Å². The van der Waals surface area contributed by atoms with Crippen molar-refractivity contribution in [3.8, 4) is 10.6 Å². The van der Waals surface area contributed by atoms with Crippen LogP contribution in [0, 0.1) is 6.92 Å². The van der Waals surface area contributed by atoms with Crippen molar-refractivity contribution in [2.75, 3.05) is 5.32 Å². The van der Waals surface area contributed by atoms with E-state index in [1.807, 2.05) is 34.9 Å². The van der Waals surface area contributed by atoms with Crippen LogP contribution in [0.1, 0.15) is 5.56 Å². The number of para-hydroxylation sites is 1. The minimum Gasteiger partial charge on any atom is -0.339 e. The molecule has 0 saturated carbocycles. The Morgan fingerprint density at radius 3 is 2.83 bits per heavy atom. The van der Waals surface area contributed by atoms with E-state index < -0.39 is 0 Å². The molecular weight excluding hydrogens is 328 g/mol. The number of hydrogen-bond donors (Lipinski definition) is 1. The summed E-state index contributed by atoms with van der Waals surface area (Å²) < 4.78 is 2.75. The fourth-order valence-corrected chi connectivity index (χ4v) is 3.51. The van der Waals surface area contributed by atoms with E-state index in [9.17, 15) is 0 Å². The molecule has 0 bridgehead atoms. The first-order valence-corrected chi connectivity index (χ1v) is 8.32. The van der Waals surface area contributed by atoms with Gasteiger partial charge in [0, 0.05) is 18.1 Å². The van der Waals surface area contributed by atoms with Crippen LogP contribution < -0.4 is 5.32 Å². The molecule has 0 saturated heterocycles. The van der Waals surface area contributed by atoms with Crippen molar-refractivity contribution in [1.29, 1.82) is 0 Å². The summed E-state index contributed by atoms with van der Waals surface area (Å²) in [6.07, 6.45) is 5.41. The van der Waals surface area contributed by atoms with Crippen molar-refractivity contribution in [2.45, 2.75) is 6.92 Å². The van der Waals surface area contributed by atoms with Crippen molar-refractivity contribution in [1.82, 2.24) is 14.4 Å². The lowest BCUT2D eigenvalue weighted by Crippen LogP contribution is -1.98. The predicted octanol–water partition coefficient (Wildman–Crippen LogP) is 5.16. The van der Waals surface area contributed by atoms with Gasteiger partial charge in [0.15, 0.2) is 5.65 Å². The highest BCUT2D eigenvalue weighted by Crippen LogP contribution is 2.37. The van der Waals surface area contributed by atoms with Gasteiger partial charge in [-0.25, -0.2) is 4.98 Å². The second-order valence-corrected chi connectivity index (χ2v) is 6.87. The standard InChI is InChI=1S/C17H13ClN4S/c1-11-4-2-3-5-12(11)20-17-16(13-6-7-14(18)23-13)21-15-10-19-8-9-22(15)17/h2-10,20H,1H3. The highest BCUT2D eigenvalue weighted by atomic mass is 35.5. The van der Waals surface area contributed by atoms with Gasteiger partial charge in [-0.15, -0.1) is 11.3 Å². The monoisotopic (exact) mass is 340 g/mol. The SMILES string of the molecule is Cc1ccccc1Nc1c(-c2ccc(Cl)s2)nc2cnccn12. The molecule has 1 aromatic carbocycles. The first kappa shape index (κ1) is 14.2. The van der Waals surface area contributed by atoms with Gasteiger partial charge >= 0.3 is 0 Å². The second kappa shape index (κ2) is 5.68. The molecule has 0 fully saturated rings. The molecule has 0 radical (unpaired) electrons. The van der Waals surface area contributed by atoms with Crippen LogP contribution in [-0.4, -0.2) is 14.4 Å². The number of thiophene rings is 1. The van der Waals surface area contributed by atoms with Crippen LogP contribution in [0.3, 0.4) is 0 Å². The van der Waals surface area contributed by atoms with E-state index in [0.29, 0.717) is 0 Å². The van der Waals surface area contributed by atoms with Crippen molar-refractivity contribution in [3.05, 3.63) is 64.9 Å². The number of halogens is 1. The average molecular weight is 341 g/mol. The fourth-order valence-electron chi connectivity index (χ4n) is 2.48. The van der Waals surface area contributed by atoms with Crippen molar-refractivity contribution in [2.24, 2.45) is 0 Å². The molecule has 4 nitrogen and oxygen atoms in total. The third-order valence-corrected chi connectivity index (χ3v) is 4.87. The molecule has 0 unspecified atom stereocenters. The summed E-state index contributed by atoms with van der Waals surface area (Å²) in [7, 11) is 0. The van der Waals surface area contributed by atoms with Crippen LogP contribution in [0.2, 0.25) is 4.34 Å². The van der Waals surface area contributed by atoms with E-state index in [4.69, 9.17) is 16.6 Å². The van der Waals surface area contributed by atoms with Crippen LogP contribution in [-0.2, 0) is 0 Å². The van der Waals surface area contributed by atoms with E-state index in [2.05, 4.69) is 29.4 Å². The van der Waals surface area contributed by atoms with Crippen molar-refractivity contribution < 1.29 is 0 Å². The maximum Gasteiger partial charge on any atom is 0.157 e. The summed E-state index contributed by atoms with van der Waals surface area (Å²) in [4.78, 5) is 9.89. The first-order chi connectivity index (χ1) is 11.2. The van der Waals surface area contributed by atoms with E-state index in [1.165, 1.54) is 16.9 Å². The number of nitrogens with one attached hydrogen (secondary N) is 1. The van der Waals surface area contributed by atoms with E-state index in [1.54, 1.807) is 12.4 Å². The van der Waals surface area contributed by atoms with E-state index >= 15 is 0 Å². The maximum atomic E-state index is 6.10. The number of imidazole rings is 1. The Morgan fingerprint density at radius 2 is 2.04 bits per heavy atom. The number of rotatable bonds is 3. The summed E-state index contributed by atoms with van der Waals surface area (Å²) in [6, 6.07) is 12.1. The predicted molar refractivity (Wildman–Crippen MR) is 95.8 cm³/mol. The van der Waals surface area contributed by atoms with Gasteiger partial charge in [-0.3, -0.25) is 9.38 Å². The molecule has 4 rings (SSSR count). The summed E-state index contributed by atoms with van der Waals surface area (Å²) in [5.41, 5.74) is 3.89. The summed E-state index contributed by atoms with van der Waals surface area (Å²) in [5, 5.41) is 3.51. The molecule has 0 aliphatic heterocycles. The molecule has 0 aliphatic carbocycles. The number of aryl methyl sites for hydroxylation is 1. The molecule has 1 N–H and O–H groups in total. The van der Waals surface area contributed by atoms with E-state index in [0.717, 1.165) is 32.1 Å². The zero-order valence-electron chi connectivity index (χ0n) is 12.3. The molecule has 114 valence electrons. The van der Waals surface area contributed by atoms with Crippen LogP contribution in [0.4, 0.5) is 11.5 Å². The Morgan fingerprint density at radius 1 is 1.17 bits per heavy atom. The minimum absolute atomic E-state index is 0.747. The lowest BCUT2D eigenvalue weighted by Gasteiger charge is -2.10. The molecule has 0 amide bonds. The molecule has 23 heavy (non-hydrogen) atoms. The normalized spacial score (nSPS) is 11.0. The first-order valence-electron chi connectivity index (χ1n) is 7.13. The van der Waals surface area contributed by atoms with E-state index in [-0.39, 0.29) is 0 Å². The average Bonchev–Trinajstić information content (AvgIpc) is 3.14. The zero-order valence-corrected chi connectivity index (χ0v) is 13.9. The Labute approximate surface area is 142 Å². The summed E-state index contributed by atoms with van der Waals surface area (Å²) in [5.74, 6) is 0.912. The lowest BCUT2D eigenvalue weighted by atomic mass is 10.2. The van der Waals surface area contributed by atoms with Gasteiger partial charge in [0.25, 0.3) is 0 Å². The van der Waals surface area contributed by atoms with Crippen LogP contribution >= 0.6 is 22.9 Å².